The number of anilines is 2. The Morgan fingerprint density at radius 3 is 2.61 bits per heavy atom. The van der Waals surface area contributed by atoms with Gasteiger partial charge in [0.05, 0.1) is 10.7 Å². The third-order valence-electron chi connectivity index (χ3n) is 5.08. The molecule has 2 aromatic heterocycles. The van der Waals surface area contributed by atoms with E-state index in [2.05, 4.69) is 31.5 Å². The van der Waals surface area contributed by atoms with E-state index in [1.54, 1.807) is 12.1 Å². The number of carbonyl (C=O) groups excluding carboxylic acids is 1. The van der Waals surface area contributed by atoms with E-state index in [9.17, 15) is 10.1 Å². The quantitative estimate of drug-likeness (QED) is 0.829. The number of pyridine rings is 1. The van der Waals surface area contributed by atoms with Crippen LogP contribution >= 0.6 is 11.6 Å². The summed E-state index contributed by atoms with van der Waals surface area (Å²) in [5, 5.41) is 21.7. The van der Waals surface area contributed by atoms with Gasteiger partial charge in [-0.25, -0.2) is 4.98 Å². The van der Waals surface area contributed by atoms with Gasteiger partial charge >= 0.3 is 0 Å². The van der Waals surface area contributed by atoms with Gasteiger partial charge in [-0.3, -0.25) is 4.79 Å². The molecule has 2 aromatic rings. The number of piperidine rings is 1. The molecule has 0 radical (unpaired) electrons. The largest absolute Gasteiger partial charge is 0.354 e. The molecule has 1 fully saturated rings. The van der Waals surface area contributed by atoms with Gasteiger partial charge in [-0.15, -0.1) is 5.10 Å². The third kappa shape index (κ3) is 4.23. The van der Waals surface area contributed by atoms with E-state index in [0.717, 1.165) is 24.1 Å². The van der Waals surface area contributed by atoms with Crippen LogP contribution in [0.15, 0.2) is 18.3 Å². The highest BCUT2D eigenvalue weighted by Gasteiger charge is 2.28. The predicted octanol–water partition coefficient (Wildman–Crippen LogP) is 3.38. The fraction of sp³-hybridized carbons (Fsp3) is 0.450. The first kappa shape index (κ1) is 20.0. The van der Waals surface area contributed by atoms with Gasteiger partial charge < -0.3 is 10.2 Å². The lowest BCUT2D eigenvalue weighted by Crippen LogP contribution is -2.39. The Hall–Kier alpha value is -2.72. The summed E-state index contributed by atoms with van der Waals surface area (Å²) in [6, 6.07) is 5.70. The molecule has 1 amide bonds. The van der Waals surface area contributed by atoms with Crippen molar-refractivity contribution in [3.05, 3.63) is 40.2 Å². The van der Waals surface area contributed by atoms with Crippen molar-refractivity contribution >= 4 is 29.1 Å². The summed E-state index contributed by atoms with van der Waals surface area (Å²) in [4.78, 5) is 18.7. The molecule has 0 unspecified atom stereocenters. The molecule has 1 saturated heterocycles. The third-order valence-corrected chi connectivity index (χ3v) is 5.31. The van der Waals surface area contributed by atoms with Crippen molar-refractivity contribution < 1.29 is 4.79 Å². The number of carbonyl (C=O) groups is 1. The Morgan fingerprint density at radius 1 is 1.29 bits per heavy atom. The second-order valence-corrected chi connectivity index (χ2v) is 7.19. The molecule has 28 heavy (non-hydrogen) atoms. The zero-order valence-electron chi connectivity index (χ0n) is 16.1. The van der Waals surface area contributed by atoms with E-state index >= 15 is 0 Å². The van der Waals surface area contributed by atoms with Crippen molar-refractivity contribution in [2.24, 2.45) is 5.92 Å². The van der Waals surface area contributed by atoms with Crippen molar-refractivity contribution in [2.75, 3.05) is 23.3 Å². The monoisotopic (exact) mass is 398 g/mol. The molecule has 1 aliphatic heterocycles. The van der Waals surface area contributed by atoms with Crippen molar-refractivity contribution in [2.45, 2.75) is 39.5 Å². The van der Waals surface area contributed by atoms with Crippen LogP contribution in [0, 0.1) is 17.2 Å². The van der Waals surface area contributed by atoms with Crippen LogP contribution in [-0.4, -0.2) is 34.2 Å². The van der Waals surface area contributed by atoms with Crippen molar-refractivity contribution in [3.8, 4) is 6.07 Å². The number of aryl methyl sites for hydroxylation is 1. The minimum atomic E-state index is -0.104. The van der Waals surface area contributed by atoms with Crippen LogP contribution in [-0.2, 0) is 17.6 Å². The number of aromatic nitrogens is 3. The first-order valence-corrected chi connectivity index (χ1v) is 9.91. The number of rotatable bonds is 5. The summed E-state index contributed by atoms with van der Waals surface area (Å²) in [5.74, 6) is 0.983. The second-order valence-electron chi connectivity index (χ2n) is 6.75. The van der Waals surface area contributed by atoms with Gasteiger partial charge in [0, 0.05) is 25.2 Å². The van der Waals surface area contributed by atoms with Gasteiger partial charge in [0.2, 0.25) is 5.91 Å². The van der Waals surface area contributed by atoms with E-state index in [4.69, 9.17) is 11.6 Å². The number of nitrogens with zero attached hydrogens (tertiary/aromatic N) is 5. The first-order chi connectivity index (χ1) is 13.6. The fourth-order valence-electron chi connectivity index (χ4n) is 3.53. The SMILES string of the molecule is CCc1nnc(N2CCC(C(=O)Nc3ccc(Cl)cn3)CC2)c(C#N)c1CC. The summed E-state index contributed by atoms with van der Waals surface area (Å²) in [5.41, 5.74) is 2.47. The van der Waals surface area contributed by atoms with Crippen LogP contribution in [0.5, 0.6) is 0 Å². The Labute approximate surface area is 169 Å². The second kappa shape index (κ2) is 8.98. The van der Waals surface area contributed by atoms with Crippen LogP contribution in [0.1, 0.15) is 43.5 Å². The van der Waals surface area contributed by atoms with E-state index in [1.807, 2.05) is 13.8 Å². The minimum Gasteiger partial charge on any atom is -0.354 e. The Balaban J connectivity index is 1.68. The molecule has 146 valence electrons. The number of hydrogen-bond acceptors (Lipinski definition) is 6. The summed E-state index contributed by atoms with van der Waals surface area (Å²) in [6.07, 6.45) is 4.38. The molecule has 1 aliphatic rings. The molecule has 3 heterocycles. The molecule has 0 atom stereocenters. The van der Waals surface area contributed by atoms with Crippen LogP contribution in [0.4, 0.5) is 11.6 Å². The van der Waals surface area contributed by atoms with Crippen LogP contribution in [0.3, 0.4) is 0 Å². The highest BCUT2D eigenvalue weighted by Crippen LogP contribution is 2.28. The molecular formula is C20H23ClN6O. The number of amides is 1. The van der Waals surface area contributed by atoms with Gasteiger partial charge in [0.25, 0.3) is 0 Å². The number of nitriles is 1. The average molecular weight is 399 g/mol. The predicted molar refractivity (Wildman–Crippen MR) is 108 cm³/mol. The molecule has 8 heteroatoms. The molecule has 0 saturated carbocycles. The maximum absolute atomic E-state index is 12.5. The molecule has 0 spiro atoms. The number of halogens is 1. The lowest BCUT2D eigenvalue weighted by atomic mass is 9.95. The molecule has 0 aliphatic carbocycles. The van der Waals surface area contributed by atoms with Gasteiger partial charge in [-0.2, -0.15) is 10.4 Å². The Morgan fingerprint density at radius 2 is 2.04 bits per heavy atom. The molecule has 7 nitrogen and oxygen atoms in total. The van der Waals surface area contributed by atoms with Crippen molar-refractivity contribution in [1.82, 2.24) is 15.2 Å². The lowest BCUT2D eigenvalue weighted by molar-refractivity contribution is -0.120. The summed E-state index contributed by atoms with van der Waals surface area (Å²) in [7, 11) is 0. The number of nitrogens with one attached hydrogen (secondary N) is 1. The van der Waals surface area contributed by atoms with Gasteiger partial charge in [-0.05, 0) is 43.4 Å². The maximum atomic E-state index is 12.5. The van der Waals surface area contributed by atoms with E-state index < -0.39 is 0 Å². The summed E-state index contributed by atoms with van der Waals surface area (Å²) in [6.45, 7) is 5.36. The zero-order valence-corrected chi connectivity index (χ0v) is 16.8. The van der Waals surface area contributed by atoms with Crippen LogP contribution < -0.4 is 10.2 Å². The van der Waals surface area contributed by atoms with Crippen molar-refractivity contribution in [1.29, 1.82) is 5.26 Å². The maximum Gasteiger partial charge on any atom is 0.228 e. The molecular weight excluding hydrogens is 376 g/mol. The highest BCUT2D eigenvalue weighted by atomic mass is 35.5. The van der Waals surface area contributed by atoms with Gasteiger partial charge in [0.1, 0.15) is 17.5 Å². The Bertz CT molecular complexity index is 885. The average Bonchev–Trinajstić information content (AvgIpc) is 2.74. The first-order valence-electron chi connectivity index (χ1n) is 9.53. The molecule has 0 bridgehead atoms. The number of hydrogen-bond donors (Lipinski definition) is 1. The smallest absolute Gasteiger partial charge is 0.228 e. The normalized spacial score (nSPS) is 14.6. The lowest BCUT2D eigenvalue weighted by Gasteiger charge is -2.32. The van der Waals surface area contributed by atoms with Crippen molar-refractivity contribution in [3.63, 3.8) is 0 Å². The molecule has 0 aromatic carbocycles. The Kier molecular flexibility index (Phi) is 6.42. The zero-order chi connectivity index (χ0) is 20.1. The van der Waals surface area contributed by atoms with Gasteiger partial charge in [0.15, 0.2) is 5.82 Å². The summed E-state index contributed by atoms with van der Waals surface area (Å²) >= 11 is 5.82. The standard InChI is InChI=1S/C20H23ClN6O/c1-3-15-16(11-22)19(26-25-17(15)4-2)27-9-7-13(8-10-27)20(28)24-18-6-5-14(21)12-23-18/h5-6,12-13H,3-4,7-10H2,1-2H3,(H,23,24,28). The summed E-state index contributed by atoms with van der Waals surface area (Å²) < 4.78 is 0. The van der Waals surface area contributed by atoms with Crippen LogP contribution in [0.2, 0.25) is 5.02 Å². The van der Waals surface area contributed by atoms with E-state index in [0.29, 0.717) is 48.2 Å². The van der Waals surface area contributed by atoms with E-state index in [-0.39, 0.29) is 11.8 Å². The fourth-order valence-corrected chi connectivity index (χ4v) is 3.64. The van der Waals surface area contributed by atoms with Gasteiger partial charge in [-0.1, -0.05) is 25.4 Å². The highest BCUT2D eigenvalue weighted by molar-refractivity contribution is 6.30. The molecule has 3 rings (SSSR count). The topological polar surface area (TPSA) is 94.8 Å². The minimum absolute atomic E-state index is 0.0448. The molecule has 1 N–H and O–H groups in total. The van der Waals surface area contributed by atoms with E-state index in [1.165, 1.54) is 6.20 Å². The van der Waals surface area contributed by atoms with Crippen LogP contribution in [0.25, 0.3) is 0 Å².